The van der Waals surface area contributed by atoms with Crippen LogP contribution in [-0.2, 0) is 25.6 Å². The molecule has 3 amide bonds. The Morgan fingerprint density at radius 3 is 2.68 bits per heavy atom. The minimum atomic E-state index is -1.32. The Kier molecular flexibility index (Phi) is 9.27. The Morgan fingerprint density at radius 1 is 1.18 bits per heavy atom. The largest absolute Gasteiger partial charge is 0.497 e. The van der Waals surface area contributed by atoms with E-state index in [0.717, 1.165) is 37.0 Å². The summed E-state index contributed by atoms with van der Waals surface area (Å²) in [6.07, 6.45) is 7.70. The van der Waals surface area contributed by atoms with Crippen molar-refractivity contribution >= 4 is 17.9 Å². The fourth-order valence-electron chi connectivity index (χ4n) is 5.25. The predicted molar refractivity (Wildman–Crippen MR) is 140 cm³/mol. The van der Waals surface area contributed by atoms with Gasteiger partial charge in [0.05, 0.1) is 13.2 Å². The highest BCUT2D eigenvalue weighted by Crippen LogP contribution is 2.45. The molecule has 3 aliphatic rings. The molecule has 0 spiro atoms. The molecule has 10 heteroatoms. The number of carboxylic acid groups (broad SMARTS) is 1. The summed E-state index contributed by atoms with van der Waals surface area (Å²) in [4.78, 5) is 43.0. The molecule has 2 N–H and O–H groups in total. The van der Waals surface area contributed by atoms with Gasteiger partial charge in [-0.15, -0.1) is 0 Å². The van der Waals surface area contributed by atoms with E-state index in [1.807, 2.05) is 43.3 Å². The SMILES string of the molecule is CCOCO[C@@H]1C[C@H]2C(=O)N[C@]3(C(=O)O)C[C@@H]3/C=C\CCCCCN(Cc3ccc(OC)cc3)C(=O)N2C1. The normalized spacial score (nSPS) is 28.9. The van der Waals surface area contributed by atoms with Crippen molar-refractivity contribution in [2.24, 2.45) is 5.92 Å². The molecule has 4 rings (SSSR count). The molecule has 4 atom stereocenters. The van der Waals surface area contributed by atoms with Gasteiger partial charge in [-0.05, 0) is 50.3 Å². The molecule has 208 valence electrons. The zero-order valence-corrected chi connectivity index (χ0v) is 22.3. The molecule has 0 unspecified atom stereocenters. The minimum Gasteiger partial charge on any atom is -0.497 e. The van der Waals surface area contributed by atoms with Gasteiger partial charge in [-0.3, -0.25) is 4.79 Å². The molecule has 10 nitrogen and oxygen atoms in total. The lowest BCUT2D eigenvalue weighted by molar-refractivity contribution is -0.144. The number of hydrogen-bond acceptors (Lipinski definition) is 6. The average Bonchev–Trinajstić information content (AvgIpc) is 3.44. The highest BCUT2D eigenvalue weighted by Gasteiger charge is 2.61. The number of benzene rings is 1. The molecular weight excluding hydrogens is 490 g/mol. The lowest BCUT2D eigenvalue weighted by atomic mass is 10.1. The highest BCUT2D eigenvalue weighted by molar-refractivity contribution is 5.94. The Hall–Kier alpha value is -3.11. The van der Waals surface area contributed by atoms with Gasteiger partial charge in [-0.1, -0.05) is 30.7 Å². The third-order valence-corrected chi connectivity index (χ3v) is 7.62. The van der Waals surface area contributed by atoms with Crippen molar-refractivity contribution in [3.05, 3.63) is 42.0 Å². The lowest BCUT2D eigenvalue weighted by Gasteiger charge is -2.32. The minimum absolute atomic E-state index is 0.0685. The van der Waals surface area contributed by atoms with Crippen LogP contribution >= 0.6 is 0 Å². The number of carboxylic acids is 1. The second kappa shape index (κ2) is 12.6. The number of allylic oxidation sites excluding steroid dienone is 1. The summed E-state index contributed by atoms with van der Waals surface area (Å²) in [6, 6.07) is 6.49. The van der Waals surface area contributed by atoms with Gasteiger partial charge in [0.2, 0.25) is 5.91 Å². The maximum atomic E-state index is 14.0. The van der Waals surface area contributed by atoms with Gasteiger partial charge in [0.1, 0.15) is 24.1 Å². The zero-order valence-electron chi connectivity index (χ0n) is 22.3. The molecule has 2 aliphatic heterocycles. The van der Waals surface area contributed by atoms with Crippen molar-refractivity contribution in [1.29, 1.82) is 0 Å². The van der Waals surface area contributed by atoms with Crippen molar-refractivity contribution in [1.82, 2.24) is 15.1 Å². The Labute approximate surface area is 223 Å². The van der Waals surface area contributed by atoms with Crippen LogP contribution in [0.3, 0.4) is 0 Å². The van der Waals surface area contributed by atoms with E-state index >= 15 is 0 Å². The number of urea groups is 1. The van der Waals surface area contributed by atoms with Gasteiger partial charge >= 0.3 is 12.0 Å². The molecule has 1 saturated heterocycles. The van der Waals surface area contributed by atoms with Crippen LogP contribution in [0.4, 0.5) is 4.79 Å². The molecule has 1 aliphatic carbocycles. The first kappa shape index (κ1) is 27.9. The summed E-state index contributed by atoms with van der Waals surface area (Å²) >= 11 is 0. The average molecular weight is 530 g/mol. The van der Waals surface area contributed by atoms with Gasteiger partial charge in [-0.25, -0.2) is 9.59 Å². The van der Waals surface area contributed by atoms with Gasteiger partial charge in [0, 0.05) is 38.6 Å². The monoisotopic (exact) mass is 529 g/mol. The molecule has 1 saturated carbocycles. The van der Waals surface area contributed by atoms with E-state index in [0.29, 0.717) is 26.1 Å². The number of carbonyl (C=O) groups excluding carboxylic acids is 2. The molecule has 1 aromatic carbocycles. The third-order valence-electron chi connectivity index (χ3n) is 7.62. The smallest absolute Gasteiger partial charge is 0.330 e. The van der Waals surface area contributed by atoms with E-state index in [4.69, 9.17) is 14.2 Å². The van der Waals surface area contributed by atoms with E-state index in [1.165, 1.54) is 4.90 Å². The maximum absolute atomic E-state index is 14.0. The van der Waals surface area contributed by atoms with Crippen molar-refractivity contribution in [3.8, 4) is 5.75 Å². The standard InChI is InChI=1S/C28H39N3O7/c1-3-37-19-38-23-15-24-25(32)29-28(26(33)34)16-21(28)9-7-5-4-6-8-14-30(27(35)31(24)18-23)17-20-10-12-22(36-2)13-11-20/h7,9-13,21,23-24H,3-6,8,14-19H2,1-2H3,(H,29,32)(H,33,34)/b9-7-/t21-,23+,24-,28+/m0/s1. The van der Waals surface area contributed by atoms with Gasteiger partial charge < -0.3 is 34.4 Å². The van der Waals surface area contributed by atoms with Crippen LogP contribution in [0, 0.1) is 5.92 Å². The molecule has 2 heterocycles. The Bertz CT molecular complexity index is 1010. The highest BCUT2D eigenvalue weighted by atomic mass is 16.7. The van der Waals surface area contributed by atoms with Crippen LogP contribution < -0.4 is 10.1 Å². The van der Waals surface area contributed by atoms with E-state index < -0.39 is 29.6 Å². The summed E-state index contributed by atoms with van der Waals surface area (Å²) in [6.45, 7) is 3.59. The number of methoxy groups -OCH3 is 1. The molecule has 0 radical (unpaired) electrons. The topological polar surface area (TPSA) is 118 Å². The zero-order chi connectivity index (χ0) is 27.1. The molecule has 0 aromatic heterocycles. The molecule has 1 aromatic rings. The molecule has 0 bridgehead atoms. The van der Waals surface area contributed by atoms with Crippen LogP contribution in [0.2, 0.25) is 0 Å². The fourth-order valence-corrected chi connectivity index (χ4v) is 5.25. The second-order valence-corrected chi connectivity index (χ2v) is 10.2. The molecule has 38 heavy (non-hydrogen) atoms. The van der Waals surface area contributed by atoms with E-state index in [-0.39, 0.29) is 31.7 Å². The van der Waals surface area contributed by atoms with Crippen molar-refractivity contribution < 1.29 is 33.7 Å². The number of nitrogens with one attached hydrogen (secondary N) is 1. The number of aliphatic carboxylic acids is 1. The van der Waals surface area contributed by atoms with Crippen molar-refractivity contribution in [2.75, 3.05) is 33.6 Å². The number of carbonyl (C=O) groups is 3. The Morgan fingerprint density at radius 2 is 1.97 bits per heavy atom. The van der Waals surface area contributed by atoms with Crippen molar-refractivity contribution in [3.63, 3.8) is 0 Å². The van der Waals surface area contributed by atoms with Crippen LogP contribution in [-0.4, -0.2) is 84.1 Å². The fraction of sp³-hybridized carbons (Fsp3) is 0.607. The summed E-state index contributed by atoms with van der Waals surface area (Å²) in [5.41, 5.74) is -0.370. The van der Waals surface area contributed by atoms with E-state index in [1.54, 1.807) is 12.0 Å². The first-order valence-corrected chi connectivity index (χ1v) is 13.5. The lowest BCUT2D eigenvalue weighted by Crippen LogP contribution is -2.55. The number of ether oxygens (including phenoxy) is 3. The van der Waals surface area contributed by atoms with E-state index in [2.05, 4.69) is 5.32 Å². The summed E-state index contributed by atoms with van der Waals surface area (Å²) in [7, 11) is 1.61. The number of fused-ring (bicyclic) bond motifs is 2. The number of nitrogens with zero attached hydrogens (tertiary/aromatic N) is 2. The Balaban J connectivity index is 1.58. The first-order chi connectivity index (χ1) is 18.4. The molecule has 2 fully saturated rings. The summed E-state index contributed by atoms with van der Waals surface area (Å²) in [5, 5.41) is 12.7. The van der Waals surface area contributed by atoms with Gasteiger partial charge in [0.15, 0.2) is 0 Å². The summed E-state index contributed by atoms with van der Waals surface area (Å²) < 4.78 is 16.4. The summed E-state index contributed by atoms with van der Waals surface area (Å²) in [5.74, 6) is -1.03. The van der Waals surface area contributed by atoms with Gasteiger partial charge in [0.25, 0.3) is 0 Å². The van der Waals surface area contributed by atoms with Crippen LogP contribution in [0.1, 0.15) is 51.0 Å². The predicted octanol–water partition coefficient (Wildman–Crippen LogP) is 3.16. The quantitative estimate of drug-likeness (QED) is 0.302. The van der Waals surface area contributed by atoms with Gasteiger partial charge in [-0.2, -0.15) is 0 Å². The first-order valence-electron chi connectivity index (χ1n) is 13.5. The number of rotatable bonds is 8. The van der Waals surface area contributed by atoms with Crippen molar-refractivity contribution in [2.45, 2.75) is 69.7 Å². The second-order valence-electron chi connectivity index (χ2n) is 10.2. The van der Waals surface area contributed by atoms with Crippen LogP contribution in [0.25, 0.3) is 0 Å². The third kappa shape index (κ3) is 6.47. The number of hydrogen-bond donors (Lipinski definition) is 2. The van der Waals surface area contributed by atoms with Crippen LogP contribution in [0.5, 0.6) is 5.75 Å². The van der Waals surface area contributed by atoms with Crippen LogP contribution in [0.15, 0.2) is 36.4 Å². The van der Waals surface area contributed by atoms with E-state index in [9.17, 15) is 19.5 Å². The number of amides is 3. The molecular formula is C28H39N3O7. The maximum Gasteiger partial charge on any atom is 0.330 e.